The van der Waals surface area contributed by atoms with Gasteiger partial charge in [0.1, 0.15) is 5.82 Å². The zero-order valence-corrected chi connectivity index (χ0v) is 10.4. The van der Waals surface area contributed by atoms with Crippen LogP contribution in [0.5, 0.6) is 0 Å². The van der Waals surface area contributed by atoms with E-state index >= 15 is 0 Å². The van der Waals surface area contributed by atoms with E-state index in [1.165, 1.54) is 0 Å². The largest absolute Gasteiger partial charge is 0.384 e. The molecule has 18 heavy (non-hydrogen) atoms. The molecule has 1 aromatic heterocycles. The molecule has 1 aliphatic rings. The highest BCUT2D eigenvalue weighted by Gasteiger charge is 2.38. The van der Waals surface area contributed by atoms with Crippen molar-refractivity contribution in [2.45, 2.75) is 23.0 Å². The molecule has 0 saturated heterocycles. The Kier molecular flexibility index (Phi) is 2.41. The van der Waals surface area contributed by atoms with Crippen LogP contribution in [0.4, 0.5) is 5.82 Å². The number of benzene rings is 1. The molecule has 1 aromatic carbocycles. The van der Waals surface area contributed by atoms with Gasteiger partial charge < -0.3 is 5.73 Å². The highest BCUT2D eigenvalue weighted by Crippen LogP contribution is 2.38. The van der Waals surface area contributed by atoms with Crippen LogP contribution in [0.1, 0.15) is 12.8 Å². The van der Waals surface area contributed by atoms with Gasteiger partial charge in [-0.2, -0.15) is 5.10 Å². The number of hydrogen-bond donors (Lipinski definition) is 2. The normalized spacial score (nSPS) is 15.8. The molecule has 0 bridgehead atoms. The summed E-state index contributed by atoms with van der Waals surface area (Å²) in [6, 6.07) is 6.93. The third-order valence-corrected chi connectivity index (χ3v) is 5.43. The Labute approximate surface area is 105 Å². The summed E-state index contributed by atoms with van der Waals surface area (Å²) in [6.07, 6.45) is 3.05. The van der Waals surface area contributed by atoms with Crippen LogP contribution in [0.3, 0.4) is 0 Å². The number of rotatable bonds is 3. The van der Waals surface area contributed by atoms with Crippen LogP contribution in [0.15, 0.2) is 35.4 Å². The van der Waals surface area contributed by atoms with Gasteiger partial charge >= 0.3 is 0 Å². The quantitative estimate of drug-likeness (QED) is 0.880. The highest BCUT2D eigenvalue weighted by molar-refractivity contribution is 7.92. The first kappa shape index (κ1) is 11.3. The molecule has 6 heteroatoms. The topological polar surface area (TPSA) is 88.8 Å². The van der Waals surface area contributed by atoms with Gasteiger partial charge in [0.15, 0.2) is 9.84 Å². The molecule has 1 heterocycles. The molecule has 0 aliphatic heterocycles. The molecule has 94 valence electrons. The molecule has 0 unspecified atom stereocenters. The maximum atomic E-state index is 12.4. The molecule has 1 aliphatic carbocycles. The Morgan fingerprint density at radius 3 is 2.56 bits per heavy atom. The number of nitrogen functional groups attached to an aromatic ring is 1. The zero-order chi connectivity index (χ0) is 12.8. The number of aromatic amines is 1. The molecular formula is C12H13N3O2S. The zero-order valence-electron chi connectivity index (χ0n) is 9.63. The first-order valence-electron chi connectivity index (χ1n) is 5.73. The number of nitrogens with one attached hydrogen (secondary N) is 1. The predicted octanol–water partition coefficient (Wildman–Crippen LogP) is 1.59. The molecule has 3 N–H and O–H groups in total. The Morgan fingerprint density at radius 1 is 1.22 bits per heavy atom. The maximum absolute atomic E-state index is 12.4. The molecule has 0 amide bonds. The molecule has 0 radical (unpaired) electrons. The lowest BCUT2D eigenvalue weighted by Crippen LogP contribution is -2.08. The molecule has 2 aromatic rings. The molecule has 0 atom stereocenters. The maximum Gasteiger partial charge on any atom is 0.181 e. The van der Waals surface area contributed by atoms with Gasteiger partial charge in [0, 0.05) is 11.1 Å². The van der Waals surface area contributed by atoms with Crippen molar-refractivity contribution in [3.05, 3.63) is 30.5 Å². The van der Waals surface area contributed by atoms with E-state index in [1.54, 1.807) is 30.5 Å². The number of aromatic nitrogens is 2. The fraction of sp³-hybridized carbons (Fsp3) is 0.250. The van der Waals surface area contributed by atoms with E-state index in [4.69, 9.17) is 5.73 Å². The van der Waals surface area contributed by atoms with Crippen molar-refractivity contribution >= 4 is 15.7 Å². The van der Waals surface area contributed by atoms with Crippen LogP contribution in [0, 0.1) is 0 Å². The molecular weight excluding hydrogens is 250 g/mol. The van der Waals surface area contributed by atoms with Crippen LogP contribution in [-0.4, -0.2) is 23.9 Å². The highest BCUT2D eigenvalue weighted by atomic mass is 32.2. The molecule has 0 spiro atoms. The smallest absolute Gasteiger partial charge is 0.181 e. The minimum atomic E-state index is -3.24. The minimum absolute atomic E-state index is 0.230. The van der Waals surface area contributed by atoms with Gasteiger partial charge in [0.2, 0.25) is 0 Å². The average Bonchev–Trinajstić information content (AvgIpc) is 3.13. The second-order valence-electron chi connectivity index (χ2n) is 4.44. The Balaban J connectivity index is 2.20. The van der Waals surface area contributed by atoms with E-state index in [2.05, 4.69) is 10.2 Å². The van der Waals surface area contributed by atoms with E-state index in [9.17, 15) is 8.42 Å². The van der Waals surface area contributed by atoms with Crippen LogP contribution in [0.25, 0.3) is 11.1 Å². The average molecular weight is 263 g/mol. The SMILES string of the molecule is Nc1[nH]ncc1-c1ccccc1S(=O)(=O)C1CC1. The molecule has 1 fully saturated rings. The van der Waals surface area contributed by atoms with Gasteiger partial charge in [-0.25, -0.2) is 8.42 Å². The summed E-state index contributed by atoms with van der Waals surface area (Å²) in [5.74, 6) is 0.383. The summed E-state index contributed by atoms with van der Waals surface area (Å²) in [7, 11) is -3.24. The summed E-state index contributed by atoms with van der Waals surface area (Å²) < 4.78 is 24.7. The summed E-state index contributed by atoms with van der Waals surface area (Å²) in [5, 5.41) is 6.23. The molecule has 3 rings (SSSR count). The van der Waals surface area contributed by atoms with Gasteiger partial charge in [-0.3, -0.25) is 5.10 Å². The van der Waals surface area contributed by atoms with E-state index in [1.807, 2.05) is 0 Å². The van der Waals surface area contributed by atoms with Crippen molar-refractivity contribution in [3.8, 4) is 11.1 Å². The van der Waals surface area contributed by atoms with Crippen LogP contribution in [0.2, 0.25) is 0 Å². The van der Waals surface area contributed by atoms with E-state index < -0.39 is 9.84 Å². The number of nitrogens with zero attached hydrogens (tertiary/aromatic N) is 1. The summed E-state index contributed by atoms with van der Waals surface area (Å²) >= 11 is 0. The fourth-order valence-corrected chi connectivity index (χ4v) is 3.87. The lowest BCUT2D eigenvalue weighted by atomic mass is 10.1. The van der Waals surface area contributed by atoms with Crippen LogP contribution >= 0.6 is 0 Å². The van der Waals surface area contributed by atoms with E-state index in [0.29, 0.717) is 21.8 Å². The molecule has 1 saturated carbocycles. The van der Waals surface area contributed by atoms with Crippen LogP contribution < -0.4 is 5.73 Å². The van der Waals surface area contributed by atoms with Gasteiger partial charge in [0.05, 0.1) is 16.3 Å². The minimum Gasteiger partial charge on any atom is -0.384 e. The second-order valence-corrected chi connectivity index (χ2v) is 6.63. The predicted molar refractivity (Wildman–Crippen MR) is 68.6 cm³/mol. The first-order valence-corrected chi connectivity index (χ1v) is 7.27. The number of nitrogens with two attached hydrogens (primary N) is 1. The number of sulfone groups is 1. The number of hydrogen-bond acceptors (Lipinski definition) is 4. The number of H-pyrrole nitrogens is 1. The standard InChI is InChI=1S/C12H13N3O2S/c13-12-10(7-14-15-12)9-3-1-2-4-11(9)18(16,17)8-5-6-8/h1-4,7-8H,5-6H2,(H3,13,14,15). The second kappa shape index (κ2) is 3.84. The Hall–Kier alpha value is -1.82. The lowest BCUT2D eigenvalue weighted by Gasteiger charge is -2.08. The number of anilines is 1. The Morgan fingerprint density at radius 2 is 1.94 bits per heavy atom. The van der Waals surface area contributed by atoms with Crippen molar-refractivity contribution in [1.82, 2.24) is 10.2 Å². The van der Waals surface area contributed by atoms with Crippen LogP contribution in [-0.2, 0) is 9.84 Å². The fourth-order valence-electron chi connectivity index (χ4n) is 2.01. The third-order valence-electron chi connectivity index (χ3n) is 3.12. The van der Waals surface area contributed by atoms with Crippen molar-refractivity contribution in [2.24, 2.45) is 0 Å². The van der Waals surface area contributed by atoms with E-state index in [-0.39, 0.29) is 5.25 Å². The van der Waals surface area contributed by atoms with Crippen molar-refractivity contribution in [2.75, 3.05) is 5.73 Å². The summed E-state index contributed by atoms with van der Waals surface area (Å²) in [5.41, 5.74) is 7.02. The van der Waals surface area contributed by atoms with Gasteiger partial charge in [-0.15, -0.1) is 0 Å². The Bertz CT molecular complexity index is 687. The monoisotopic (exact) mass is 263 g/mol. The van der Waals surface area contributed by atoms with Crippen molar-refractivity contribution in [1.29, 1.82) is 0 Å². The van der Waals surface area contributed by atoms with Crippen molar-refractivity contribution < 1.29 is 8.42 Å². The van der Waals surface area contributed by atoms with Crippen molar-refractivity contribution in [3.63, 3.8) is 0 Å². The summed E-state index contributed by atoms with van der Waals surface area (Å²) in [6.45, 7) is 0. The van der Waals surface area contributed by atoms with Gasteiger partial charge in [-0.1, -0.05) is 18.2 Å². The van der Waals surface area contributed by atoms with Gasteiger partial charge in [0.25, 0.3) is 0 Å². The lowest BCUT2D eigenvalue weighted by molar-refractivity contribution is 0.595. The molecule has 5 nitrogen and oxygen atoms in total. The first-order chi connectivity index (χ1) is 8.60. The third kappa shape index (κ3) is 1.69. The summed E-state index contributed by atoms with van der Waals surface area (Å²) in [4.78, 5) is 0.348. The van der Waals surface area contributed by atoms with E-state index in [0.717, 1.165) is 12.8 Å². The van der Waals surface area contributed by atoms with Gasteiger partial charge in [-0.05, 0) is 18.9 Å².